The van der Waals surface area contributed by atoms with Gasteiger partial charge >= 0.3 is 0 Å². The monoisotopic (exact) mass is 381 g/mol. The number of benzene rings is 1. The summed E-state index contributed by atoms with van der Waals surface area (Å²) in [6.07, 6.45) is 1.25. The van der Waals surface area contributed by atoms with Gasteiger partial charge in [0, 0.05) is 44.7 Å². The standard InChI is InChI=1S/C18H27N3O4S/c1-4-19-11-13-20(14-12-19)18(23)9-10-21(26(3,24)25)17-7-5-16(6-8-17)15(2)22/h5-8H,4,9-14H2,1-3H3. The van der Waals surface area contributed by atoms with E-state index in [1.165, 1.54) is 11.2 Å². The fourth-order valence-electron chi connectivity index (χ4n) is 3.02. The third-order valence-corrected chi connectivity index (χ3v) is 5.86. The summed E-state index contributed by atoms with van der Waals surface area (Å²) < 4.78 is 25.5. The van der Waals surface area contributed by atoms with Gasteiger partial charge < -0.3 is 9.80 Å². The van der Waals surface area contributed by atoms with Crippen LogP contribution in [0.15, 0.2) is 24.3 Å². The van der Waals surface area contributed by atoms with Gasteiger partial charge in [-0.15, -0.1) is 0 Å². The maximum absolute atomic E-state index is 12.4. The molecule has 1 fully saturated rings. The zero-order chi connectivity index (χ0) is 19.3. The van der Waals surface area contributed by atoms with Gasteiger partial charge in [0.05, 0.1) is 11.9 Å². The first-order valence-corrected chi connectivity index (χ1v) is 10.7. The van der Waals surface area contributed by atoms with Crippen molar-refractivity contribution >= 4 is 27.4 Å². The number of carbonyl (C=O) groups excluding carboxylic acids is 2. The highest BCUT2D eigenvalue weighted by Gasteiger charge is 2.23. The van der Waals surface area contributed by atoms with Gasteiger partial charge in [0.2, 0.25) is 15.9 Å². The molecule has 7 nitrogen and oxygen atoms in total. The number of amides is 1. The molecule has 1 heterocycles. The zero-order valence-electron chi connectivity index (χ0n) is 15.6. The Labute approximate surface area is 155 Å². The van der Waals surface area contributed by atoms with Crippen molar-refractivity contribution in [1.82, 2.24) is 9.80 Å². The fraction of sp³-hybridized carbons (Fsp3) is 0.556. The van der Waals surface area contributed by atoms with Gasteiger partial charge in [-0.3, -0.25) is 13.9 Å². The predicted molar refractivity (Wildman–Crippen MR) is 102 cm³/mol. The average Bonchev–Trinajstić information content (AvgIpc) is 2.61. The van der Waals surface area contributed by atoms with Crippen molar-refractivity contribution in [3.63, 3.8) is 0 Å². The molecule has 0 spiro atoms. The van der Waals surface area contributed by atoms with Crippen LogP contribution in [0.5, 0.6) is 0 Å². The molecule has 1 saturated heterocycles. The van der Waals surface area contributed by atoms with E-state index in [4.69, 9.17) is 0 Å². The lowest BCUT2D eigenvalue weighted by molar-refractivity contribution is -0.132. The van der Waals surface area contributed by atoms with Gasteiger partial charge in [-0.1, -0.05) is 6.92 Å². The van der Waals surface area contributed by atoms with Gasteiger partial charge in [-0.05, 0) is 37.7 Å². The number of hydrogen-bond acceptors (Lipinski definition) is 5. The molecule has 0 saturated carbocycles. The molecule has 0 bridgehead atoms. The first kappa shape index (κ1) is 20.4. The summed E-state index contributed by atoms with van der Waals surface area (Å²) in [5.41, 5.74) is 0.980. The second kappa shape index (κ2) is 8.64. The molecule has 144 valence electrons. The van der Waals surface area contributed by atoms with Crippen LogP contribution in [0.3, 0.4) is 0 Å². The summed E-state index contributed by atoms with van der Waals surface area (Å²) in [4.78, 5) is 27.9. The van der Waals surface area contributed by atoms with Crippen molar-refractivity contribution in [2.24, 2.45) is 0 Å². The minimum Gasteiger partial charge on any atom is -0.340 e. The van der Waals surface area contributed by atoms with Gasteiger partial charge in [0.1, 0.15) is 0 Å². The van der Waals surface area contributed by atoms with Crippen LogP contribution in [0.1, 0.15) is 30.6 Å². The highest BCUT2D eigenvalue weighted by atomic mass is 32.2. The van der Waals surface area contributed by atoms with E-state index in [9.17, 15) is 18.0 Å². The molecule has 26 heavy (non-hydrogen) atoms. The Balaban J connectivity index is 2.02. The lowest BCUT2D eigenvalue weighted by Crippen LogP contribution is -2.49. The van der Waals surface area contributed by atoms with Gasteiger partial charge in [0.15, 0.2) is 5.78 Å². The Hall–Kier alpha value is -1.93. The van der Waals surface area contributed by atoms with Crippen LogP contribution in [-0.2, 0) is 14.8 Å². The summed E-state index contributed by atoms with van der Waals surface area (Å²) in [5.74, 6) is -0.112. The highest BCUT2D eigenvalue weighted by Crippen LogP contribution is 2.19. The molecule has 1 aliphatic rings. The quantitative estimate of drug-likeness (QED) is 0.664. The number of hydrogen-bond donors (Lipinski definition) is 0. The molecule has 1 amide bonds. The van der Waals surface area contributed by atoms with E-state index in [1.54, 1.807) is 29.2 Å². The predicted octanol–water partition coefficient (Wildman–Crippen LogP) is 1.21. The molecule has 0 unspecified atom stereocenters. The van der Waals surface area contributed by atoms with Gasteiger partial charge in [0.25, 0.3) is 0 Å². The van der Waals surface area contributed by atoms with E-state index in [0.717, 1.165) is 25.9 Å². The highest BCUT2D eigenvalue weighted by molar-refractivity contribution is 7.92. The van der Waals surface area contributed by atoms with E-state index in [0.29, 0.717) is 24.3 Å². The summed E-state index contributed by atoms with van der Waals surface area (Å²) >= 11 is 0. The lowest BCUT2D eigenvalue weighted by Gasteiger charge is -2.34. The second-order valence-electron chi connectivity index (χ2n) is 6.50. The topological polar surface area (TPSA) is 78.0 Å². The summed E-state index contributed by atoms with van der Waals surface area (Å²) in [6.45, 7) is 7.68. The number of anilines is 1. The van der Waals surface area contributed by atoms with Crippen LogP contribution in [-0.4, -0.2) is 75.4 Å². The minimum absolute atomic E-state index is 0.0326. The van der Waals surface area contributed by atoms with Crippen LogP contribution < -0.4 is 4.31 Å². The van der Waals surface area contributed by atoms with Crippen molar-refractivity contribution in [3.8, 4) is 0 Å². The Kier molecular flexibility index (Phi) is 6.77. The van der Waals surface area contributed by atoms with Crippen molar-refractivity contribution in [2.75, 3.05) is 49.8 Å². The number of piperazine rings is 1. The van der Waals surface area contributed by atoms with E-state index in [2.05, 4.69) is 11.8 Å². The van der Waals surface area contributed by atoms with Crippen LogP contribution in [0, 0.1) is 0 Å². The summed E-state index contributed by atoms with van der Waals surface area (Å²) in [7, 11) is -3.52. The molecule has 0 N–H and O–H groups in total. The molecule has 0 aromatic heterocycles. The first-order chi connectivity index (χ1) is 12.2. The van der Waals surface area contributed by atoms with E-state index >= 15 is 0 Å². The maximum atomic E-state index is 12.4. The molecular formula is C18H27N3O4S. The van der Waals surface area contributed by atoms with Crippen LogP contribution in [0.4, 0.5) is 5.69 Å². The lowest BCUT2D eigenvalue weighted by atomic mass is 10.1. The van der Waals surface area contributed by atoms with Crippen molar-refractivity contribution < 1.29 is 18.0 Å². The summed E-state index contributed by atoms with van der Waals surface area (Å²) in [6, 6.07) is 6.40. The van der Waals surface area contributed by atoms with Crippen LogP contribution in [0.25, 0.3) is 0 Å². The van der Waals surface area contributed by atoms with Crippen molar-refractivity contribution in [3.05, 3.63) is 29.8 Å². The third kappa shape index (κ3) is 5.28. The number of rotatable bonds is 7. The third-order valence-electron chi connectivity index (χ3n) is 4.66. The van der Waals surface area contributed by atoms with Crippen molar-refractivity contribution in [2.45, 2.75) is 20.3 Å². The number of sulfonamides is 1. The van der Waals surface area contributed by atoms with Crippen molar-refractivity contribution in [1.29, 1.82) is 0 Å². The Bertz CT molecular complexity index is 738. The Morgan fingerprint density at radius 2 is 1.65 bits per heavy atom. The molecule has 0 aliphatic carbocycles. The summed E-state index contributed by atoms with van der Waals surface area (Å²) in [5, 5.41) is 0. The minimum atomic E-state index is -3.52. The number of Topliss-reactive ketones (excluding diaryl/α,β-unsaturated/α-hetero) is 1. The smallest absolute Gasteiger partial charge is 0.232 e. The Morgan fingerprint density at radius 1 is 1.08 bits per heavy atom. The zero-order valence-corrected chi connectivity index (χ0v) is 16.5. The number of carbonyl (C=O) groups is 2. The molecule has 1 aromatic rings. The second-order valence-corrected chi connectivity index (χ2v) is 8.41. The van der Waals surface area contributed by atoms with Gasteiger partial charge in [-0.25, -0.2) is 8.42 Å². The van der Waals surface area contributed by atoms with Crippen LogP contribution in [0.2, 0.25) is 0 Å². The van der Waals surface area contributed by atoms with E-state index < -0.39 is 10.0 Å². The van der Waals surface area contributed by atoms with E-state index in [1.807, 2.05) is 0 Å². The molecule has 0 radical (unpaired) electrons. The number of nitrogens with zero attached hydrogens (tertiary/aromatic N) is 3. The number of likely N-dealkylation sites (N-methyl/N-ethyl adjacent to an activating group) is 1. The Morgan fingerprint density at radius 3 is 2.12 bits per heavy atom. The first-order valence-electron chi connectivity index (χ1n) is 8.81. The number of ketones is 1. The SMILES string of the molecule is CCN1CCN(C(=O)CCN(c2ccc(C(C)=O)cc2)S(C)(=O)=O)CC1. The normalized spacial score (nSPS) is 15.7. The molecule has 0 atom stereocenters. The van der Waals surface area contributed by atoms with Crippen LogP contribution >= 0.6 is 0 Å². The molecular weight excluding hydrogens is 354 g/mol. The molecule has 1 aliphatic heterocycles. The van der Waals surface area contributed by atoms with Gasteiger partial charge in [-0.2, -0.15) is 0 Å². The molecule has 2 rings (SSSR count). The maximum Gasteiger partial charge on any atom is 0.232 e. The fourth-order valence-corrected chi connectivity index (χ4v) is 3.95. The van der Waals surface area contributed by atoms with E-state index in [-0.39, 0.29) is 24.7 Å². The average molecular weight is 381 g/mol. The molecule has 8 heteroatoms. The molecule has 1 aromatic carbocycles. The largest absolute Gasteiger partial charge is 0.340 e.